The lowest BCUT2D eigenvalue weighted by Crippen LogP contribution is -2.64. The second-order valence-corrected chi connectivity index (χ2v) is 7.36. The molecule has 3 unspecified atom stereocenters. The highest BCUT2D eigenvalue weighted by Crippen LogP contribution is 2.23. The number of nitrogens with one attached hydrogen (secondary N) is 1. The quantitative estimate of drug-likeness (QED) is 0.145. The first-order valence-corrected chi connectivity index (χ1v) is 9.07. The zero-order valence-electron chi connectivity index (χ0n) is 13.2. The molecule has 1 aliphatic carbocycles. The summed E-state index contributed by atoms with van der Waals surface area (Å²) in [5.41, 5.74) is 5.55. The van der Waals surface area contributed by atoms with Crippen LogP contribution in [-0.2, 0) is 19.6 Å². The second kappa shape index (κ2) is 9.16. The molecule has 0 spiro atoms. The number of carbonyl (C=O) groups excluding carboxylic acids is 1. The largest absolute Gasteiger partial charge is 0.387 e. The van der Waals surface area contributed by atoms with Crippen molar-refractivity contribution in [3.05, 3.63) is 0 Å². The van der Waals surface area contributed by atoms with Crippen LogP contribution in [0.4, 0.5) is 0 Å². The van der Waals surface area contributed by atoms with Gasteiger partial charge in [-0.2, -0.15) is 8.42 Å². The lowest BCUT2D eigenvalue weighted by molar-refractivity contribution is -0.235. The van der Waals surface area contributed by atoms with E-state index in [0.717, 1.165) is 0 Å². The Hall–Kier alpha value is -0.900. The van der Waals surface area contributed by atoms with Crippen molar-refractivity contribution in [1.29, 1.82) is 0 Å². The van der Waals surface area contributed by atoms with Crippen molar-refractivity contribution in [2.75, 3.05) is 18.9 Å². The van der Waals surface area contributed by atoms with E-state index in [1.807, 2.05) is 0 Å². The minimum atomic E-state index is -4.12. The molecule has 1 rings (SSSR count). The van der Waals surface area contributed by atoms with Crippen LogP contribution in [0.1, 0.15) is 6.42 Å². The molecule has 0 aromatic heterocycles. The van der Waals surface area contributed by atoms with Crippen LogP contribution in [0.5, 0.6) is 0 Å². The van der Waals surface area contributed by atoms with Crippen LogP contribution < -0.4 is 11.1 Å². The Bertz CT molecular complexity index is 528. The minimum absolute atomic E-state index is 0.0333. The van der Waals surface area contributed by atoms with Gasteiger partial charge in [-0.1, -0.05) is 0 Å². The van der Waals surface area contributed by atoms with Gasteiger partial charge in [-0.15, -0.1) is 0 Å². The van der Waals surface area contributed by atoms with Gasteiger partial charge in [-0.25, -0.2) is 0 Å². The third kappa shape index (κ3) is 6.40. The first kappa shape index (κ1) is 22.1. The van der Waals surface area contributed by atoms with Crippen LogP contribution in [0.25, 0.3) is 0 Å². The van der Waals surface area contributed by atoms with E-state index in [1.165, 1.54) is 0 Å². The molecule has 0 saturated heterocycles. The molecule has 1 saturated carbocycles. The third-order valence-corrected chi connectivity index (χ3v) is 4.56. The van der Waals surface area contributed by atoms with Crippen LogP contribution in [0.3, 0.4) is 0 Å². The predicted octanol–water partition coefficient (Wildman–Crippen LogP) is -5.09. The van der Waals surface area contributed by atoms with E-state index in [2.05, 4.69) is 5.32 Å². The molecule has 0 aliphatic heterocycles. The molecule has 12 nitrogen and oxygen atoms in total. The molecule has 0 radical (unpaired) electrons. The fraction of sp³-hybridized carbons (Fsp3) is 0.917. The maximum Gasteiger partial charge on any atom is 0.264 e. The molecule has 148 valence electrons. The van der Waals surface area contributed by atoms with E-state index < -0.39 is 71.1 Å². The number of hydrogen-bond acceptors (Lipinski definition) is 10. The molecule has 0 bridgehead atoms. The van der Waals surface area contributed by atoms with Gasteiger partial charge in [0.2, 0.25) is 5.91 Å². The van der Waals surface area contributed by atoms with Gasteiger partial charge in [0.15, 0.2) is 0 Å². The Labute approximate surface area is 144 Å². The predicted molar refractivity (Wildman–Crippen MR) is 81.8 cm³/mol. The number of nitrogens with two attached hydrogens (primary N) is 1. The number of amides is 1. The molecule has 0 heterocycles. The average Bonchev–Trinajstić information content (AvgIpc) is 2.53. The Morgan fingerprint density at radius 1 is 1.04 bits per heavy atom. The van der Waals surface area contributed by atoms with E-state index in [9.17, 15) is 38.7 Å². The first-order valence-electron chi connectivity index (χ1n) is 7.46. The average molecular weight is 388 g/mol. The van der Waals surface area contributed by atoms with E-state index in [4.69, 9.17) is 15.0 Å². The highest BCUT2D eigenvalue weighted by Gasteiger charge is 2.49. The monoisotopic (exact) mass is 388 g/mol. The van der Waals surface area contributed by atoms with Gasteiger partial charge in [0.05, 0.1) is 12.4 Å². The van der Waals surface area contributed by atoms with Gasteiger partial charge in [-0.3, -0.25) is 9.35 Å². The smallest absolute Gasteiger partial charge is 0.264 e. The van der Waals surface area contributed by atoms with E-state index in [0.29, 0.717) is 0 Å². The molecule has 25 heavy (non-hydrogen) atoms. The fourth-order valence-corrected chi connectivity index (χ4v) is 2.79. The maximum atomic E-state index is 11.7. The zero-order valence-corrected chi connectivity index (χ0v) is 14.0. The molecule has 0 aromatic rings. The van der Waals surface area contributed by atoms with Gasteiger partial charge in [-0.05, 0) is 6.42 Å². The summed E-state index contributed by atoms with van der Waals surface area (Å²) in [6.45, 7) is -0.553. The number of carbonyl (C=O) groups is 1. The summed E-state index contributed by atoms with van der Waals surface area (Å²) in [6, 6.07) is -1.24. The number of aliphatic hydroxyl groups is 5. The zero-order chi connectivity index (χ0) is 19.4. The Morgan fingerprint density at radius 3 is 2.00 bits per heavy atom. The summed E-state index contributed by atoms with van der Waals surface area (Å²) in [4.78, 5) is 11.7. The Kier molecular flexibility index (Phi) is 8.11. The normalized spacial score (nSPS) is 34.5. The molecule has 1 aliphatic rings. The standard InChI is InChI=1S/C12H24N2O10S/c13-5(12(20)14-2-1-3-25(21,22)23)4-24-11-9(18)7(16)6(15)8(17)10(11)19/h5-11,15-19H,1-4,13H2,(H,14,20)(H,21,22,23)/t5-,6?,7-,8?,9+,10-,11?/m0/s1. The summed E-state index contributed by atoms with van der Waals surface area (Å²) in [7, 11) is -4.12. The number of rotatable bonds is 8. The lowest BCUT2D eigenvalue weighted by atomic mass is 9.85. The van der Waals surface area contributed by atoms with Gasteiger partial charge in [0.1, 0.15) is 42.7 Å². The third-order valence-electron chi connectivity index (χ3n) is 3.76. The van der Waals surface area contributed by atoms with E-state index >= 15 is 0 Å². The van der Waals surface area contributed by atoms with Crippen LogP contribution in [0.2, 0.25) is 0 Å². The lowest BCUT2D eigenvalue weighted by Gasteiger charge is -2.41. The van der Waals surface area contributed by atoms with Gasteiger partial charge >= 0.3 is 0 Å². The summed E-state index contributed by atoms with van der Waals surface area (Å²) >= 11 is 0. The highest BCUT2D eigenvalue weighted by atomic mass is 32.2. The van der Waals surface area contributed by atoms with Crippen molar-refractivity contribution in [2.45, 2.75) is 49.1 Å². The molecular formula is C12H24N2O10S. The number of ether oxygens (including phenoxy) is 1. The van der Waals surface area contributed by atoms with Crippen LogP contribution >= 0.6 is 0 Å². The van der Waals surface area contributed by atoms with Crippen molar-refractivity contribution >= 4 is 16.0 Å². The van der Waals surface area contributed by atoms with E-state index in [-0.39, 0.29) is 13.0 Å². The topological polar surface area (TPSA) is 220 Å². The van der Waals surface area contributed by atoms with Crippen molar-refractivity contribution in [3.8, 4) is 0 Å². The second-order valence-electron chi connectivity index (χ2n) is 5.79. The van der Waals surface area contributed by atoms with Crippen molar-refractivity contribution in [3.63, 3.8) is 0 Å². The van der Waals surface area contributed by atoms with Crippen molar-refractivity contribution in [2.24, 2.45) is 5.73 Å². The Morgan fingerprint density at radius 2 is 1.52 bits per heavy atom. The summed E-state index contributed by atoms with van der Waals surface area (Å²) in [5.74, 6) is -1.24. The maximum absolute atomic E-state index is 11.7. The van der Waals surface area contributed by atoms with Crippen molar-refractivity contribution < 1.29 is 48.0 Å². The first-order chi connectivity index (χ1) is 11.5. The molecule has 13 heteroatoms. The molecule has 9 N–H and O–H groups in total. The van der Waals surface area contributed by atoms with Crippen LogP contribution in [0, 0.1) is 0 Å². The molecular weight excluding hydrogens is 364 g/mol. The van der Waals surface area contributed by atoms with Gasteiger partial charge in [0, 0.05) is 6.54 Å². The Balaban J connectivity index is 2.44. The molecule has 0 aromatic carbocycles. The van der Waals surface area contributed by atoms with E-state index in [1.54, 1.807) is 0 Å². The molecule has 7 atom stereocenters. The van der Waals surface area contributed by atoms with Crippen LogP contribution in [0.15, 0.2) is 0 Å². The molecule has 1 amide bonds. The van der Waals surface area contributed by atoms with Crippen LogP contribution in [-0.4, -0.2) is 106 Å². The SMILES string of the molecule is N[C@@H](COC1[C@@H](O)C(O)C(O)[C@H](O)[C@H]1O)C(=O)NCCCS(=O)(=O)O. The summed E-state index contributed by atoms with van der Waals surface area (Å²) in [5, 5.41) is 50.4. The minimum Gasteiger partial charge on any atom is -0.387 e. The fourth-order valence-electron chi connectivity index (χ4n) is 2.28. The van der Waals surface area contributed by atoms with Gasteiger partial charge < -0.3 is 41.3 Å². The highest BCUT2D eigenvalue weighted by molar-refractivity contribution is 7.85. The number of aliphatic hydroxyl groups excluding tert-OH is 5. The van der Waals surface area contributed by atoms with Crippen molar-refractivity contribution in [1.82, 2.24) is 5.32 Å². The summed E-state index contributed by atoms with van der Waals surface area (Å²) < 4.78 is 34.7. The summed E-state index contributed by atoms with van der Waals surface area (Å²) in [6.07, 6.45) is -10.2. The number of hydrogen-bond donors (Lipinski definition) is 8. The van der Waals surface area contributed by atoms with Gasteiger partial charge in [0.25, 0.3) is 10.1 Å². The molecule has 1 fully saturated rings.